The molecule has 0 spiro atoms. The molecule has 1 aliphatic heterocycles. The van der Waals surface area contributed by atoms with Gasteiger partial charge in [-0.05, 0) is 48.2 Å². The van der Waals surface area contributed by atoms with E-state index < -0.39 is 11.5 Å². The highest BCUT2D eigenvalue weighted by molar-refractivity contribution is 5.83. The molecule has 0 bridgehead atoms. The van der Waals surface area contributed by atoms with E-state index in [-0.39, 0.29) is 0 Å². The molecule has 0 saturated carbocycles. The zero-order chi connectivity index (χ0) is 16.3. The second-order valence-corrected chi connectivity index (χ2v) is 6.15. The van der Waals surface area contributed by atoms with Gasteiger partial charge < -0.3 is 10.8 Å². The van der Waals surface area contributed by atoms with Crippen LogP contribution in [-0.4, -0.2) is 39.6 Å². The molecule has 1 aliphatic rings. The number of aromatic nitrogens is 1. The van der Waals surface area contributed by atoms with Gasteiger partial charge in [-0.1, -0.05) is 24.3 Å². The van der Waals surface area contributed by atoms with Crippen LogP contribution in [0.15, 0.2) is 48.8 Å². The normalized spacial score (nSPS) is 22.0. The maximum atomic E-state index is 11.5. The minimum absolute atomic E-state index is 0.291. The first-order valence-electron chi connectivity index (χ1n) is 7.81. The lowest BCUT2D eigenvalue weighted by Crippen LogP contribution is -2.55. The van der Waals surface area contributed by atoms with Gasteiger partial charge in [-0.15, -0.1) is 0 Å². The van der Waals surface area contributed by atoms with Gasteiger partial charge in [0.2, 0.25) is 0 Å². The molecule has 2 aromatic rings. The van der Waals surface area contributed by atoms with Crippen molar-refractivity contribution in [2.45, 2.75) is 25.0 Å². The van der Waals surface area contributed by atoms with Crippen LogP contribution in [0.4, 0.5) is 0 Å². The molecule has 0 radical (unpaired) electrons. The number of carbonyl (C=O) groups is 1. The van der Waals surface area contributed by atoms with Gasteiger partial charge in [-0.3, -0.25) is 14.7 Å². The zero-order valence-corrected chi connectivity index (χ0v) is 13.0. The molecule has 5 heteroatoms. The van der Waals surface area contributed by atoms with E-state index in [4.69, 9.17) is 5.73 Å². The lowest BCUT2D eigenvalue weighted by Gasteiger charge is -2.37. The number of β-amino-alcohol motifs (C(OH)–C–C–N with tert-alkyl or cyclic N) is 1. The van der Waals surface area contributed by atoms with Crippen LogP contribution in [-0.2, 0) is 11.3 Å². The van der Waals surface area contributed by atoms with Crippen LogP contribution in [0.5, 0.6) is 0 Å². The molecule has 2 heterocycles. The van der Waals surface area contributed by atoms with Crippen LogP contribution in [0.25, 0.3) is 11.1 Å². The summed E-state index contributed by atoms with van der Waals surface area (Å²) in [5.41, 5.74) is 7.25. The first-order chi connectivity index (χ1) is 11.1. The van der Waals surface area contributed by atoms with Crippen molar-refractivity contribution in [1.82, 2.24) is 9.88 Å². The van der Waals surface area contributed by atoms with Crippen molar-refractivity contribution in [3.8, 4) is 11.1 Å². The van der Waals surface area contributed by atoms with E-state index in [0.29, 0.717) is 19.5 Å². The molecular weight excluding hydrogens is 290 g/mol. The molecule has 1 unspecified atom stereocenters. The fourth-order valence-electron chi connectivity index (χ4n) is 3.10. The molecule has 120 valence electrons. The number of primary amides is 1. The average Bonchev–Trinajstić information content (AvgIpc) is 2.56. The third-order valence-corrected chi connectivity index (χ3v) is 4.34. The topological polar surface area (TPSA) is 79.5 Å². The van der Waals surface area contributed by atoms with E-state index >= 15 is 0 Å². The number of rotatable bonds is 4. The number of aliphatic hydroxyl groups is 1. The second kappa shape index (κ2) is 6.48. The number of nitrogens with two attached hydrogens (primary N) is 1. The predicted molar refractivity (Wildman–Crippen MR) is 88.3 cm³/mol. The lowest BCUT2D eigenvalue weighted by molar-refractivity contribution is -0.142. The molecule has 1 amide bonds. The Morgan fingerprint density at radius 2 is 2.13 bits per heavy atom. The molecule has 23 heavy (non-hydrogen) atoms. The van der Waals surface area contributed by atoms with Gasteiger partial charge in [0, 0.05) is 25.5 Å². The van der Waals surface area contributed by atoms with Gasteiger partial charge in [-0.25, -0.2) is 0 Å². The number of amides is 1. The van der Waals surface area contributed by atoms with Crippen molar-refractivity contribution in [2.75, 3.05) is 13.1 Å². The first kappa shape index (κ1) is 15.6. The summed E-state index contributed by atoms with van der Waals surface area (Å²) in [6.07, 6.45) is 4.80. The van der Waals surface area contributed by atoms with E-state index in [1.54, 1.807) is 6.20 Å². The average molecular weight is 311 g/mol. The van der Waals surface area contributed by atoms with Crippen molar-refractivity contribution in [2.24, 2.45) is 5.73 Å². The Balaban J connectivity index is 1.75. The molecule has 3 rings (SSSR count). The van der Waals surface area contributed by atoms with E-state index in [2.05, 4.69) is 28.1 Å². The van der Waals surface area contributed by atoms with Crippen LogP contribution >= 0.6 is 0 Å². The van der Waals surface area contributed by atoms with Crippen molar-refractivity contribution < 1.29 is 9.90 Å². The predicted octanol–water partition coefficient (Wildman–Crippen LogP) is 1.56. The number of pyridine rings is 1. The SMILES string of the molecule is NC(=O)C1(O)CCCN(Cc2cccc(-c3cccnc3)c2)C1. The maximum Gasteiger partial charge on any atom is 0.250 e. The standard InChI is InChI=1S/C18H21N3O2/c19-17(22)18(23)7-3-9-21(13-18)12-14-4-1-5-15(10-14)16-6-2-8-20-11-16/h1-2,4-6,8,10-11,23H,3,7,9,12-13H2,(H2,19,22). The summed E-state index contributed by atoms with van der Waals surface area (Å²) in [5, 5.41) is 10.3. The van der Waals surface area contributed by atoms with E-state index in [1.807, 2.05) is 24.4 Å². The van der Waals surface area contributed by atoms with Crippen LogP contribution in [0.3, 0.4) is 0 Å². The molecular formula is C18H21N3O2. The molecule has 0 aliphatic carbocycles. The third kappa shape index (κ3) is 3.57. The van der Waals surface area contributed by atoms with Crippen LogP contribution < -0.4 is 5.73 Å². The lowest BCUT2D eigenvalue weighted by atomic mass is 9.92. The molecule has 5 nitrogen and oxygen atoms in total. The summed E-state index contributed by atoms with van der Waals surface area (Å²) in [5.74, 6) is -0.633. The van der Waals surface area contributed by atoms with Crippen molar-refractivity contribution in [3.05, 3.63) is 54.4 Å². The molecule has 1 atom stereocenters. The fraction of sp³-hybridized carbons (Fsp3) is 0.333. The van der Waals surface area contributed by atoms with Crippen LogP contribution in [0.2, 0.25) is 0 Å². The van der Waals surface area contributed by atoms with Gasteiger partial charge in [0.1, 0.15) is 0 Å². The summed E-state index contributed by atoms with van der Waals surface area (Å²) < 4.78 is 0. The van der Waals surface area contributed by atoms with Gasteiger partial charge in [0.15, 0.2) is 5.60 Å². The maximum absolute atomic E-state index is 11.5. The van der Waals surface area contributed by atoms with Crippen molar-refractivity contribution >= 4 is 5.91 Å². The quantitative estimate of drug-likeness (QED) is 0.898. The number of likely N-dealkylation sites (tertiary alicyclic amines) is 1. The minimum Gasteiger partial charge on any atom is -0.379 e. The Labute approximate surface area is 135 Å². The van der Waals surface area contributed by atoms with Crippen LogP contribution in [0.1, 0.15) is 18.4 Å². The molecule has 1 fully saturated rings. The second-order valence-electron chi connectivity index (χ2n) is 6.15. The largest absolute Gasteiger partial charge is 0.379 e. The number of hydrogen-bond donors (Lipinski definition) is 2. The molecule has 1 aromatic carbocycles. The summed E-state index contributed by atoms with van der Waals surface area (Å²) in [4.78, 5) is 17.7. The molecule has 1 aromatic heterocycles. The van der Waals surface area contributed by atoms with Gasteiger partial charge in [0.25, 0.3) is 5.91 Å². The third-order valence-electron chi connectivity index (χ3n) is 4.34. The molecule has 1 saturated heterocycles. The van der Waals surface area contributed by atoms with Crippen molar-refractivity contribution in [3.63, 3.8) is 0 Å². The molecule has 3 N–H and O–H groups in total. The highest BCUT2D eigenvalue weighted by Gasteiger charge is 2.38. The summed E-state index contributed by atoms with van der Waals surface area (Å²) in [7, 11) is 0. The van der Waals surface area contributed by atoms with E-state index in [1.165, 1.54) is 0 Å². The number of carbonyl (C=O) groups excluding carboxylic acids is 1. The van der Waals surface area contributed by atoms with Gasteiger partial charge in [0.05, 0.1) is 0 Å². The summed E-state index contributed by atoms with van der Waals surface area (Å²) >= 11 is 0. The first-order valence-corrected chi connectivity index (χ1v) is 7.81. The Bertz CT molecular complexity index is 690. The Hall–Kier alpha value is -2.24. The Morgan fingerprint density at radius 1 is 1.30 bits per heavy atom. The van der Waals surface area contributed by atoms with E-state index in [0.717, 1.165) is 29.7 Å². The van der Waals surface area contributed by atoms with Gasteiger partial charge >= 0.3 is 0 Å². The number of nitrogens with zero attached hydrogens (tertiary/aromatic N) is 2. The monoisotopic (exact) mass is 311 g/mol. The minimum atomic E-state index is -1.40. The van der Waals surface area contributed by atoms with Crippen LogP contribution in [0, 0.1) is 0 Å². The number of hydrogen-bond acceptors (Lipinski definition) is 4. The fourth-order valence-corrected chi connectivity index (χ4v) is 3.10. The number of benzene rings is 1. The summed E-state index contributed by atoms with van der Waals surface area (Å²) in [6, 6.07) is 12.2. The highest BCUT2D eigenvalue weighted by Crippen LogP contribution is 2.24. The summed E-state index contributed by atoms with van der Waals surface area (Å²) in [6.45, 7) is 1.83. The zero-order valence-electron chi connectivity index (χ0n) is 13.0. The van der Waals surface area contributed by atoms with Gasteiger partial charge in [-0.2, -0.15) is 0 Å². The smallest absolute Gasteiger partial charge is 0.250 e. The number of piperidine rings is 1. The Morgan fingerprint density at radius 3 is 2.87 bits per heavy atom. The highest BCUT2D eigenvalue weighted by atomic mass is 16.3. The van der Waals surface area contributed by atoms with E-state index in [9.17, 15) is 9.90 Å². The van der Waals surface area contributed by atoms with Crippen molar-refractivity contribution in [1.29, 1.82) is 0 Å². The Kier molecular flexibility index (Phi) is 4.41.